The van der Waals surface area contributed by atoms with E-state index in [-0.39, 0.29) is 29.6 Å². The summed E-state index contributed by atoms with van der Waals surface area (Å²) >= 11 is 2.41. The summed E-state index contributed by atoms with van der Waals surface area (Å²) in [5.74, 6) is 0.134. The average Bonchev–Trinajstić information content (AvgIpc) is 3.44. The Bertz CT molecular complexity index is 1410. The molecule has 0 aliphatic heterocycles. The predicted octanol–water partition coefficient (Wildman–Crippen LogP) is 5.40. The van der Waals surface area contributed by atoms with Gasteiger partial charge >= 0.3 is 5.97 Å². The van der Waals surface area contributed by atoms with E-state index >= 15 is 0 Å². The summed E-state index contributed by atoms with van der Waals surface area (Å²) in [6.07, 6.45) is 0. The standard InChI is InChI=1S/C26H25FN4O4S2/c1-15-9-16(2)11-19(10-15)35-12-21-29-30-26(31(21)3)37-14-22(32)28-24-23(25(33)34-4)20(13-36-24)17-5-7-18(27)8-6-17/h5-11,13H,12,14H2,1-4H3,(H,28,32). The molecule has 0 bridgehead atoms. The van der Waals surface area contributed by atoms with E-state index in [2.05, 4.69) is 21.6 Å². The van der Waals surface area contributed by atoms with Gasteiger partial charge in [-0.05, 0) is 54.8 Å². The van der Waals surface area contributed by atoms with Crippen LogP contribution in [0, 0.1) is 19.7 Å². The minimum absolute atomic E-state index is 0.0499. The molecule has 0 atom stereocenters. The number of carbonyl (C=O) groups is 2. The van der Waals surface area contributed by atoms with Gasteiger partial charge in [-0.15, -0.1) is 21.5 Å². The molecule has 2 aromatic heterocycles. The summed E-state index contributed by atoms with van der Waals surface area (Å²) in [5.41, 5.74) is 3.65. The maximum atomic E-state index is 13.3. The lowest BCUT2D eigenvalue weighted by molar-refractivity contribution is -0.113. The van der Waals surface area contributed by atoms with Gasteiger partial charge in [-0.2, -0.15) is 0 Å². The van der Waals surface area contributed by atoms with Crippen LogP contribution in [0.1, 0.15) is 27.3 Å². The Morgan fingerprint density at radius 2 is 1.81 bits per heavy atom. The molecule has 0 saturated heterocycles. The Morgan fingerprint density at radius 3 is 2.49 bits per heavy atom. The minimum Gasteiger partial charge on any atom is -0.486 e. The second-order valence-corrected chi connectivity index (χ2v) is 10.1. The smallest absolute Gasteiger partial charge is 0.341 e. The number of rotatable bonds is 9. The van der Waals surface area contributed by atoms with Crippen molar-refractivity contribution in [2.45, 2.75) is 25.6 Å². The van der Waals surface area contributed by atoms with Gasteiger partial charge in [0.25, 0.3) is 0 Å². The van der Waals surface area contributed by atoms with Gasteiger partial charge in [0.15, 0.2) is 11.0 Å². The van der Waals surface area contributed by atoms with E-state index in [4.69, 9.17) is 9.47 Å². The molecule has 0 unspecified atom stereocenters. The lowest BCUT2D eigenvalue weighted by Crippen LogP contribution is -2.16. The summed E-state index contributed by atoms with van der Waals surface area (Å²) < 4.78 is 25.9. The van der Waals surface area contributed by atoms with Crippen molar-refractivity contribution in [3.63, 3.8) is 0 Å². The summed E-state index contributed by atoms with van der Waals surface area (Å²) in [7, 11) is 3.08. The van der Waals surface area contributed by atoms with Crippen molar-refractivity contribution < 1.29 is 23.5 Å². The second-order valence-electron chi connectivity index (χ2n) is 8.26. The zero-order valence-corrected chi connectivity index (χ0v) is 22.3. The second kappa shape index (κ2) is 11.6. The third-order valence-electron chi connectivity index (χ3n) is 5.41. The number of thioether (sulfide) groups is 1. The SMILES string of the molecule is COC(=O)c1c(-c2ccc(F)cc2)csc1NC(=O)CSc1nnc(COc2cc(C)cc(C)c2)n1C. The number of methoxy groups -OCH3 is 1. The summed E-state index contributed by atoms with van der Waals surface area (Å²) in [4.78, 5) is 25.2. The predicted molar refractivity (Wildman–Crippen MR) is 142 cm³/mol. The van der Waals surface area contributed by atoms with Gasteiger partial charge in [0.1, 0.15) is 28.7 Å². The molecule has 2 heterocycles. The number of aryl methyl sites for hydroxylation is 2. The van der Waals surface area contributed by atoms with Crippen LogP contribution in [0.3, 0.4) is 0 Å². The van der Waals surface area contributed by atoms with E-state index in [0.717, 1.165) is 16.9 Å². The van der Waals surface area contributed by atoms with Gasteiger partial charge in [0.2, 0.25) is 5.91 Å². The van der Waals surface area contributed by atoms with Gasteiger partial charge in [0, 0.05) is 18.0 Å². The van der Waals surface area contributed by atoms with Crippen LogP contribution >= 0.6 is 23.1 Å². The number of nitrogens with zero attached hydrogens (tertiary/aromatic N) is 3. The molecule has 8 nitrogen and oxygen atoms in total. The molecule has 1 N–H and O–H groups in total. The third-order valence-corrected chi connectivity index (χ3v) is 7.32. The average molecular weight is 541 g/mol. The fourth-order valence-corrected chi connectivity index (χ4v) is 5.35. The quantitative estimate of drug-likeness (QED) is 0.224. The topological polar surface area (TPSA) is 95.3 Å². The zero-order chi connectivity index (χ0) is 26.5. The normalized spacial score (nSPS) is 10.8. The first-order valence-electron chi connectivity index (χ1n) is 11.2. The zero-order valence-electron chi connectivity index (χ0n) is 20.7. The number of nitrogens with one attached hydrogen (secondary N) is 1. The first-order valence-corrected chi connectivity index (χ1v) is 13.1. The number of ether oxygens (including phenoxy) is 2. The number of hydrogen-bond acceptors (Lipinski definition) is 8. The number of carbonyl (C=O) groups excluding carboxylic acids is 2. The Hall–Kier alpha value is -3.70. The monoisotopic (exact) mass is 540 g/mol. The first kappa shape index (κ1) is 26.4. The number of esters is 1. The Labute approximate surface area is 221 Å². The van der Waals surface area contributed by atoms with Crippen molar-refractivity contribution >= 4 is 40.0 Å². The van der Waals surface area contributed by atoms with E-state index < -0.39 is 5.97 Å². The van der Waals surface area contributed by atoms with Crippen LogP contribution in [0.25, 0.3) is 11.1 Å². The van der Waals surface area contributed by atoms with Gasteiger partial charge in [0.05, 0.1) is 12.9 Å². The molecule has 0 spiro atoms. The van der Waals surface area contributed by atoms with Gasteiger partial charge < -0.3 is 19.4 Å². The molecule has 4 rings (SSSR count). The van der Waals surface area contributed by atoms with Crippen molar-refractivity contribution in [2.24, 2.45) is 7.05 Å². The molecule has 0 fully saturated rings. The molecule has 0 aliphatic carbocycles. The van der Waals surface area contributed by atoms with Gasteiger partial charge in [-0.25, -0.2) is 9.18 Å². The lowest BCUT2D eigenvalue weighted by Gasteiger charge is -2.09. The van der Waals surface area contributed by atoms with Crippen molar-refractivity contribution in [2.75, 3.05) is 18.2 Å². The van der Waals surface area contributed by atoms with Crippen LogP contribution in [-0.2, 0) is 23.2 Å². The number of benzene rings is 2. The summed E-state index contributed by atoms with van der Waals surface area (Å²) in [5, 5.41) is 13.8. The highest BCUT2D eigenvalue weighted by molar-refractivity contribution is 7.99. The number of halogens is 1. The van der Waals surface area contributed by atoms with Crippen LogP contribution in [0.4, 0.5) is 9.39 Å². The van der Waals surface area contributed by atoms with Crippen molar-refractivity contribution in [1.29, 1.82) is 0 Å². The third kappa shape index (κ3) is 6.36. The van der Waals surface area contributed by atoms with E-state index in [1.807, 2.05) is 33.0 Å². The van der Waals surface area contributed by atoms with Crippen molar-refractivity contribution in [3.05, 3.63) is 76.2 Å². The molecular weight excluding hydrogens is 515 g/mol. The number of anilines is 1. The number of thiophene rings is 1. The Balaban J connectivity index is 1.40. The molecule has 11 heteroatoms. The summed E-state index contributed by atoms with van der Waals surface area (Å²) in [6, 6.07) is 11.7. The Kier molecular flexibility index (Phi) is 8.24. The van der Waals surface area contributed by atoms with E-state index in [0.29, 0.717) is 27.1 Å². The van der Waals surface area contributed by atoms with Crippen LogP contribution in [0.2, 0.25) is 0 Å². The molecule has 2 aromatic carbocycles. The molecular formula is C26H25FN4O4S2. The lowest BCUT2D eigenvalue weighted by atomic mass is 10.0. The minimum atomic E-state index is -0.592. The largest absolute Gasteiger partial charge is 0.486 e. The highest BCUT2D eigenvalue weighted by Crippen LogP contribution is 2.36. The van der Waals surface area contributed by atoms with E-state index in [9.17, 15) is 14.0 Å². The molecule has 192 valence electrons. The first-order chi connectivity index (χ1) is 17.7. The molecule has 4 aromatic rings. The Morgan fingerprint density at radius 1 is 1.11 bits per heavy atom. The molecule has 37 heavy (non-hydrogen) atoms. The van der Waals surface area contributed by atoms with E-state index in [1.54, 1.807) is 22.1 Å². The van der Waals surface area contributed by atoms with Crippen LogP contribution < -0.4 is 10.1 Å². The maximum Gasteiger partial charge on any atom is 0.341 e. The molecule has 0 saturated carbocycles. The van der Waals surface area contributed by atoms with E-state index in [1.165, 1.54) is 42.3 Å². The van der Waals surface area contributed by atoms with Crippen LogP contribution in [0.15, 0.2) is 53.0 Å². The highest BCUT2D eigenvalue weighted by atomic mass is 32.2. The van der Waals surface area contributed by atoms with Gasteiger partial charge in [-0.3, -0.25) is 4.79 Å². The fourth-order valence-electron chi connectivity index (χ4n) is 3.65. The number of amides is 1. The number of hydrogen-bond donors (Lipinski definition) is 1. The fraction of sp³-hybridized carbons (Fsp3) is 0.231. The maximum absolute atomic E-state index is 13.3. The number of aromatic nitrogens is 3. The van der Waals surface area contributed by atoms with Crippen LogP contribution in [-0.4, -0.2) is 39.5 Å². The van der Waals surface area contributed by atoms with Crippen molar-refractivity contribution in [1.82, 2.24) is 14.8 Å². The van der Waals surface area contributed by atoms with Gasteiger partial charge in [-0.1, -0.05) is 30.0 Å². The molecule has 0 radical (unpaired) electrons. The van der Waals surface area contributed by atoms with Crippen molar-refractivity contribution in [3.8, 4) is 16.9 Å². The summed E-state index contributed by atoms with van der Waals surface area (Å²) in [6.45, 7) is 4.26. The molecule has 1 amide bonds. The highest BCUT2D eigenvalue weighted by Gasteiger charge is 2.23. The molecule has 0 aliphatic rings. The van der Waals surface area contributed by atoms with Crippen LogP contribution in [0.5, 0.6) is 5.75 Å².